The van der Waals surface area contributed by atoms with Gasteiger partial charge >= 0.3 is 0 Å². The van der Waals surface area contributed by atoms with E-state index in [-0.39, 0.29) is 11.4 Å². The zero-order chi connectivity index (χ0) is 18.0. The lowest BCUT2D eigenvalue weighted by atomic mass is 9.93. The van der Waals surface area contributed by atoms with E-state index in [1.807, 2.05) is 13.2 Å². The van der Waals surface area contributed by atoms with E-state index in [0.29, 0.717) is 6.54 Å². The number of benzene rings is 1. The van der Waals surface area contributed by atoms with E-state index in [1.54, 1.807) is 17.9 Å². The topological polar surface area (TPSA) is 62.2 Å². The van der Waals surface area contributed by atoms with Gasteiger partial charge in [-0.1, -0.05) is 24.3 Å². The molecule has 25 heavy (non-hydrogen) atoms. The maximum absolute atomic E-state index is 12.7. The average molecular weight is 341 g/mol. The number of hydrogen-bond donors (Lipinski definition) is 2. The van der Waals surface area contributed by atoms with Crippen molar-refractivity contribution in [2.75, 3.05) is 27.7 Å². The van der Waals surface area contributed by atoms with Gasteiger partial charge in [0.1, 0.15) is 6.04 Å². The van der Waals surface area contributed by atoms with Gasteiger partial charge in [0.25, 0.3) is 0 Å². The fraction of sp³-hybridized carbons (Fsp3) is 0.474. The van der Waals surface area contributed by atoms with Crippen molar-refractivity contribution in [1.29, 1.82) is 0 Å². The number of fused-ring (bicyclic) bond motifs is 1. The van der Waals surface area contributed by atoms with Crippen LogP contribution in [0.3, 0.4) is 0 Å². The molecule has 0 bridgehead atoms. The van der Waals surface area contributed by atoms with Crippen LogP contribution in [-0.2, 0) is 24.7 Å². The Morgan fingerprint density at radius 3 is 2.44 bits per heavy atom. The summed E-state index contributed by atoms with van der Waals surface area (Å²) >= 11 is 0. The lowest BCUT2D eigenvalue weighted by molar-refractivity contribution is -0.123. The van der Waals surface area contributed by atoms with Crippen LogP contribution >= 0.6 is 0 Å². The SMILES string of the molecule is CNC(C(=O)NCC1(N(C)C)Cc2ccccc2C1)c1cnn(C)c1. The van der Waals surface area contributed by atoms with Crippen LogP contribution in [0.4, 0.5) is 0 Å². The standard InChI is InChI=1S/C19H27N5O/c1-20-17(16-11-22-24(4)12-16)18(25)21-13-19(23(2)3)9-14-7-5-6-8-15(14)10-19/h5-8,11-12,17,20H,9-10,13H2,1-4H3,(H,21,25). The van der Waals surface area contributed by atoms with Crippen molar-refractivity contribution in [2.45, 2.75) is 24.4 Å². The Hall–Kier alpha value is -2.18. The Morgan fingerprint density at radius 1 is 1.32 bits per heavy atom. The first-order valence-electron chi connectivity index (χ1n) is 8.63. The summed E-state index contributed by atoms with van der Waals surface area (Å²) in [5.74, 6) is -0.0207. The molecule has 1 heterocycles. The molecule has 1 aromatic heterocycles. The molecule has 1 aliphatic carbocycles. The molecule has 2 aromatic rings. The lowest BCUT2D eigenvalue weighted by Crippen LogP contribution is -2.54. The molecule has 6 heteroatoms. The van der Waals surface area contributed by atoms with Crippen molar-refractivity contribution in [2.24, 2.45) is 7.05 Å². The Kier molecular flexibility index (Phi) is 4.92. The molecule has 3 rings (SSSR count). The van der Waals surface area contributed by atoms with E-state index in [9.17, 15) is 4.79 Å². The minimum absolute atomic E-state index is 0.0207. The molecule has 134 valence electrons. The van der Waals surface area contributed by atoms with Crippen molar-refractivity contribution in [3.8, 4) is 0 Å². The summed E-state index contributed by atoms with van der Waals surface area (Å²) in [6.07, 6.45) is 5.50. The van der Waals surface area contributed by atoms with Crippen LogP contribution in [0.2, 0.25) is 0 Å². The normalized spacial score (nSPS) is 16.7. The van der Waals surface area contributed by atoms with Gasteiger partial charge in [0.15, 0.2) is 0 Å². The van der Waals surface area contributed by atoms with Crippen molar-refractivity contribution in [1.82, 2.24) is 25.3 Å². The molecule has 1 amide bonds. The summed E-state index contributed by atoms with van der Waals surface area (Å²) in [6.45, 7) is 0.617. The van der Waals surface area contributed by atoms with Crippen LogP contribution in [0.5, 0.6) is 0 Å². The Bertz CT molecular complexity index is 727. The molecule has 1 atom stereocenters. The minimum atomic E-state index is -0.392. The minimum Gasteiger partial charge on any atom is -0.353 e. The van der Waals surface area contributed by atoms with Gasteiger partial charge in [-0.05, 0) is 45.1 Å². The van der Waals surface area contributed by atoms with Gasteiger partial charge in [0.05, 0.1) is 6.20 Å². The van der Waals surface area contributed by atoms with Crippen LogP contribution in [0.25, 0.3) is 0 Å². The van der Waals surface area contributed by atoms with Gasteiger partial charge in [-0.3, -0.25) is 9.48 Å². The van der Waals surface area contributed by atoms with E-state index in [4.69, 9.17) is 0 Å². The van der Waals surface area contributed by atoms with Gasteiger partial charge in [-0.2, -0.15) is 5.10 Å². The Labute approximate surface area is 149 Å². The first kappa shape index (κ1) is 17.6. The number of likely N-dealkylation sites (N-methyl/N-ethyl adjacent to an activating group) is 2. The molecular weight excluding hydrogens is 314 g/mol. The fourth-order valence-electron chi connectivity index (χ4n) is 3.67. The molecule has 6 nitrogen and oxygen atoms in total. The predicted octanol–water partition coefficient (Wildman–Crippen LogP) is 0.896. The highest BCUT2D eigenvalue weighted by atomic mass is 16.2. The number of hydrogen-bond acceptors (Lipinski definition) is 4. The monoisotopic (exact) mass is 341 g/mol. The van der Waals surface area contributed by atoms with Crippen molar-refractivity contribution >= 4 is 5.91 Å². The number of rotatable bonds is 6. The fourth-order valence-corrected chi connectivity index (χ4v) is 3.67. The molecule has 0 spiro atoms. The van der Waals surface area contributed by atoms with Crippen LogP contribution in [0.15, 0.2) is 36.7 Å². The number of aryl methyl sites for hydroxylation is 1. The molecule has 0 aliphatic heterocycles. The van der Waals surface area contributed by atoms with Gasteiger partial charge in [-0.25, -0.2) is 0 Å². The van der Waals surface area contributed by atoms with Gasteiger partial charge in [0.2, 0.25) is 5.91 Å². The summed E-state index contributed by atoms with van der Waals surface area (Å²) < 4.78 is 1.71. The third-order valence-corrected chi connectivity index (χ3v) is 5.31. The highest BCUT2D eigenvalue weighted by Crippen LogP contribution is 2.33. The van der Waals surface area contributed by atoms with Gasteiger partial charge in [0, 0.05) is 30.9 Å². The average Bonchev–Trinajstić information content (AvgIpc) is 3.18. The molecule has 0 saturated carbocycles. The third kappa shape index (κ3) is 3.45. The van der Waals surface area contributed by atoms with Crippen molar-refractivity contribution in [3.05, 3.63) is 53.3 Å². The largest absolute Gasteiger partial charge is 0.353 e. The second-order valence-corrected chi connectivity index (χ2v) is 7.13. The van der Waals surface area contributed by atoms with Crippen molar-refractivity contribution < 1.29 is 4.79 Å². The molecule has 0 fully saturated rings. The highest BCUT2D eigenvalue weighted by Gasteiger charge is 2.39. The first-order valence-corrected chi connectivity index (χ1v) is 8.63. The number of aromatic nitrogens is 2. The quantitative estimate of drug-likeness (QED) is 0.819. The molecule has 2 N–H and O–H groups in total. The molecule has 1 aliphatic rings. The number of nitrogens with zero attached hydrogens (tertiary/aromatic N) is 3. The van der Waals surface area contributed by atoms with Crippen LogP contribution < -0.4 is 10.6 Å². The molecule has 0 saturated heterocycles. The second-order valence-electron chi connectivity index (χ2n) is 7.13. The number of nitrogens with one attached hydrogen (secondary N) is 2. The molecular formula is C19H27N5O. The zero-order valence-electron chi connectivity index (χ0n) is 15.4. The van der Waals surface area contributed by atoms with Crippen LogP contribution in [0, 0.1) is 0 Å². The maximum Gasteiger partial charge on any atom is 0.241 e. The summed E-state index contributed by atoms with van der Waals surface area (Å²) in [4.78, 5) is 15.0. The second kappa shape index (κ2) is 6.98. The van der Waals surface area contributed by atoms with Crippen LogP contribution in [0.1, 0.15) is 22.7 Å². The van der Waals surface area contributed by atoms with Gasteiger partial charge < -0.3 is 15.5 Å². The van der Waals surface area contributed by atoms with Crippen molar-refractivity contribution in [3.63, 3.8) is 0 Å². The summed E-state index contributed by atoms with van der Waals surface area (Å²) in [5.41, 5.74) is 3.55. The van der Waals surface area contributed by atoms with E-state index in [0.717, 1.165) is 18.4 Å². The number of amides is 1. The van der Waals surface area contributed by atoms with E-state index in [1.165, 1.54) is 11.1 Å². The van der Waals surface area contributed by atoms with Gasteiger partial charge in [-0.15, -0.1) is 0 Å². The van der Waals surface area contributed by atoms with E-state index >= 15 is 0 Å². The van der Waals surface area contributed by atoms with E-state index < -0.39 is 6.04 Å². The number of carbonyl (C=O) groups is 1. The summed E-state index contributed by atoms with van der Waals surface area (Å²) in [7, 11) is 7.83. The molecule has 0 radical (unpaired) electrons. The predicted molar refractivity (Wildman–Crippen MR) is 98.3 cm³/mol. The molecule has 1 unspecified atom stereocenters. The smallest absolute Gasteiger partial charge is 0.241 e. The first-order chi connectivity index (χ1) is 11.9. The summed E-state index contributed by atoms with van der Waals surface area (Å²) in [6, 6.07) is 8.16. The maximum atomic E-state index is 12.7. The lowest BCUT2D eigenvalue weighted by Gasteiger charge is -2.37. The Balaban J connectivity index is 1.71. The highest BCUT2D eigenvalue weighted by molar-refractivity contribution is 5.83. The Morgan fingerprint density at radius 2 is 1.96 bits per heavy atom. The third-order valence-electron chi connectivity index (χ3n) is 5.31. The zero-order valence-corrected chi connectivity index (χ0v) is 15.4. The van der Waals surface area contributed by atoms with Crippen LogP contribution in [-0.4, -0.2) is 53.8 Å². The molecule has 1 aromatic carbocycles. The summed E-state index contributed by atoms with van der Waals surface area (Å²) in [5, 5.41) is 10.4. The van der Waals surface area contributed by atoms with E-state index in [2.05, 4.69) is 59.0 Å². The number of carbonyl (C=O) groups excluding carboxylic acids is 1.